The van der Waals surface area contributed by atoms with Crippen molar-refractivity contribution in [3.05, 3.63) is 52.9 Å². The van der Waals surface area contributed by atoms with Gasteiger partial charge in [0.25, 0.3) is 5.91 Å². The number of nitrogens with zero attached hydrogens (tertiary/aromatic N) is 3. The van der Waals surface area contributed by atoms with Crippen molar-refractivity contribution >= 4 is 5.91 Å². The highest BCUT2D eigenvalue weighted by Gasteiger charge is 2.38. The lowest BCUT2D eigenvalue weighted by molar-refractivity contribution is 0.0713. The van der Waals surface area contributed by atoms with Crippen LogP contribution >= 0.6 is 0 Å². The third-order valence-electron chi connectivity index (χ3n) is 4.62. The number of aromatic nitrogens is 2. The lowest BCUT2D eigenvalue weighted by Gasteiger charge is -2.25. The van der Waals surface area contributed by atoms with Gasteiger partial charge in [0.1, 0.15) is 11.6 Å². The first-order valence-electron chi connectivity index (χ1n) is 8.27. The zero-order valence-electron chi connectivity index (χ0n) is 14.4. The number of hydrogen-bond acceptors (Lipinski definition) is 3. The van der Waals surface area contributed by atoms with Crippen LogP contribution in [-0.4, -0.2) is 38.3 Å². The van der Waals surface area contributed by atoms with Crippen molar-refractivity contribution in [1.82, 2.24) is 14.7 Å². The minimum Gasteiger partial charge on any atom is -0.391 e. The summed E-state index contributed by atoms with van der Waals surface area (Å²) >= 11 is 0. The smallest absolute Gasteiger partial charge is 0.257 e. The number of benzene rings is 1. The molecule has 0 spiro atoms. The first-order chi connectivity index (χ1) is 11.8. The molecule has 1 fully saturated rings. The monoisotopic (exact) mass is 349 g/mol. The van der Waals surface area contributed by atoms with E-state index < -0.39 is 23.8 Å². The Bertz CT molecular complexity index is 804. The van der Waals surface area contributed by atoms with Crippen LogP contribution in [0.25, 0.3) is 0 Å². The molecule has 1 aromatic carbocycles. The summed E-state index contributed by atoms with van der Waals surface area (Å²) in [4.78, 5) is 14.4. The number of β-amino-alcohol motifs (C(OH)–C–C–N with tert-alkyl or cyclic N) is 1. The van der Waals surface area contributed by atoms with E-state index in [0.717, 1.165) is 18.2 Å². The number of likely N-dealkylation sites (tertiary alicyclic amines) is 1. The number of halogens is 2. The Balaban J connectivity index is 1.97. The predicted molar refractivity (Wildman–Crippen MR) is 88.1 cm³/mol. The fourth-order valence-electron chi connectivity index (χ4n) is 3.41. The molecule has 0 radical (unpaired) electrons. The number of carbonyl (C=O) groups is 1. The van der Waals surface area contributed by atoms with Crippen molar-refractivity contribution in [2.24, 2.45) is 0 Å². The molecule has 1 saturated heterocycles. The quantitative estimate of drug-likeness (QED) is 0.927. The van der Waals surface area contributed by atoms with Crippen LogP contribution in [0.2, 0.25) is 0 Å². The van der Waals surface area contributed by atoms with Gasteiger partial charge in [-0.1, -0.05) is 0 Å². The zero-order valence-corrected chi connectivity index (χ0v) is 14.4. The number of hydrogen-bond donors (Lipinski definition) is 1. The molecule has 1 N–H and O–H groups in total. The van der Waals surface area contributed by atoms with Gasteiger partial charge in [-0.05, 0) is 45.4 Å². The SMILES string of the molecule is Cc1c(C(=O)N2CC(O)CC2c2cc(F)ccc2F)cnn1C(C)C. The van der Waals surface area contributed by atoms with Crippen molar-refractivity contribution in [2.45, 2.75) is 45.4 Å². The van der Waals surface area contributed by atoms with Crippen molar-refractivity contribution in [1.29, 1.82) is 0 Å². The van der Waals surface area contributed by atoms with Gasteiger partial charge in [-0.15, -0.1) is 0 Å². The maximum atomic E-state index is 14.2. The van der Waals surface area contributed by atoms with E-state index in [1.807, 2.05) is 13.8 Å². The second-order valence-electron chi connectivity index (χ2n) is 6.71. The summed E-state index contributed by atoms with van der Waals surface area (Å²) in [5, 5.41) is 14.2. The molecule has 25 heavy (non-hydrogen) atoms. The molecule has 2 unspecified atom stereocenters. The molecule has 7 heteroatoms. The van der Waals surface area contributed by atoms with Gasteiger partial charge in [-0.2, -0.15) is 5.10 Å². The molecule has 1 aromatic heterocycles. The van der Waals surface area contributed by atoms with Crippen molar-refractivity contribution < 1.29 is 18.7 Å². The Kier molecular flexibility index (Phi) is 4.60. The molecule has 1 aliphatic heterocycles. The maximum Gasteiger partial charge on any atom is 0.257 e. The van der Waals surface area contributed by atoms with E-state index in [4.69, 9.17) is 0 Å². The van der Waals surface area contributed by atoms with Gasteiger partial charge in [0.2, 0.25) is 0 Å². The maximum absolute atomic E-state index is 14.2. The second kappa shape index (κ2) is 6.55. The van der Waals surface area contributed by atoms with E-state index in [1.54, 1.807) is 11.6 Å². The van der Waals surface area contributed by atoms with Gasteiger partial charge < -0.3 is 10.0 Å². The summed E-state index contributed by atoms with van der Waals surface area (Å²) in [6.07, 6.45) is 0.877. The highest BCUT2D eigenvalue weighted by Crippen LogP contribution is 2.35. The van der Waals surface area contributed by atoms with Crippen LogP contribution in [0.15, 0.2) is 24.4 Å². The number of aliphatic hydroxyl groups is 1. The van der Waals surface area contributed by atoms with Crippen LogP contribution < -0.4 is 0 Å². The average Bonchev–Trinajstić information content (AvgIpc) is 3.12. The van der Waals surface area contributed by atoms with Crippen LogP contribution in [0.5, 0.6) is 0 Å². The normalized spacial score (nSPS) is 20.5. The molecule has 3 rings (SSSR count). The van der Waals surface area contributed by atoms with E-state index in [-0.39, 0.29) is 30.5 Å². The zero-order chi connectivity index (χ0) is 18.3. The summed E-state index contributed by atoms with van der Waals surface area (Å²) in [5.74, 6) is -1.50. The van der Waals surface area contributed by atoms with Crippen LogP contribution in [-0.2, 0) is 0 Å². The molecule has 1 aliphatic rings. The average molecular weight is 349 g/mol. The largest absolute Gasteiger partial charge is 0.391 e. The third kappa shape index (κ3) is 3.16. The molecule has 2 atom stereocenters. The number of rotatable bonds is 3. The highest BCUT2D eigenvalue weighted by atomic mass is 19.1. The van der Waals surface area contributed by atoms with E-state index in [0.29, 0.717) is 11.3 Å². The molecule has 2 heterocycles. The Labute approximate surface area is 144 Å². The molecule has 1 amide bonds. The first kappa shape index (κ1) is 17.5. The van der Waals surface area contributed by atoms with Crippen molar-refractivity contribution in [2.75, 3.05) is 6.54 Å². The fraction of sp³-hybridized carbons (Fsp3) is 0.444. The summed E-state index contributed by atoms with van der Waals surface area (Å²) in [6, 6.07) is 2.55. The minimum absolute atomic E-state index is 0.0752. The summed E-state index contributed by atoms with van der Waals surface area (Å²) in [6.45, 7) is 5.79. The molecular weight excluding hydrogens is 328 g/mol. The number of amides is 1. The van der Waals surface area contributed by atoms with E-state index in [9.17, 15) is 18.7 Å². The Morgan fingerprint density at radius 1 is 1.36 bits per heavy atom. The van der Waals surface area contributed by atoms with Crippen LogP contribution in [0.4, 0.5) is 8.78 Å². The third-order valence-corrected chi connectivity index (χ3v) is 4.62. The summed E-state index contributed by atoms with van der Waals surface area (Å²) < 4.78 is 29.5. The lowest BCUT2D eigenvalue weighted by Crippen LogP contribution is -2.32. The van der Waals surface area contributed by atoms with Crippen LogP contribution in [0, 0.1) is 18.6 Å². The first-order valence-corrected chi connectivity index (χ1v) is 8.27. The van der Waals surface area contributed by atoms with Gasteiger partial charge >= 0.3 is 0 Å². The van der Waals surface area contributed by atoms with Crippen molar-refractivity contribution in [3.8, 4) is 0 Å². The number of aliphatic hydroxyl groups excluding tert-OH is 1. The standard InChI is InChI=1S/C18H21F2N3O2/c1-10(2)23-11(3)15(8-21-23)18(25)22-9-13(24)7-17(22)14-6-12(19)4-5-16(14)20/h4-6,8,10,13,17,24H,7,9H2,1-3H3. The predicted octanol–water partition coefficient (Wildman–Crippen LogP) is 3.00. The molecule has 0 bridgehead atoms. The van der Waals surface area contributed by atoms with Gasteiger partial charge in [0.05, 0.1) is 23.9 Å². The van der Waals surface area contributed by atoms with E-state index in [2.05, 4.69) is 5.10 Å². The van der Waals surface area contributed by atoms with Crippen molar-refractivity contribution in [3.63, 3.8) is 0 Å². The summed E-state index contributed by atoms with van der Waals surface area (Å²) in [7, 11) is 0. The van der Waals surface area contributed by atoms with E-state index in [1.165, 1.54) is 11.1 Å². The van der Waals surface area contributed by atoms with Gasteiger partial charge in [0.15, 0.2) is 0 Å². The molecule has 0 aliphatic carbocycles. The van der Waals surface area contributed by atoms with Gasteiger partial charge in [-0.25, -0.2) is 8.78 Å². The molecular formula is C18H21F2N3O2. The Morgan fingerprint density at radius 2 is 2.08 bits per heavy atom. The van der Waals surface area contributed by atoms with Crippen LogP contribution in [0.1, 0.15) is 54.0 Å². The summed E-state index contributed by atoms with van der Waals surface area (Å²) in [5.41, 5.74) is 1.20. The molecule has 0 saturated carbocycles. The van der Waals surface area contributed by atoms with Gasteiger partial charge in [-0.3, -0.25) is 9.48 Å². The Morgan fingerprint density at radius 3 is 2.72 bits per heavy atom. The highest BCUT2D eigenvalue weighted by molar-refractivity contribution is 5.95. The van der Waals surface area contributed by atoms with Gasteiger partial charge in [0, 0.05) is 23.8 Å². The van der Waals surface area contributed by atoms with Crippen LogP contribution in [0.3, 0.4) is 0 Å². The fourth-order valence-corrected chi connectivity index (χ4v) is 3.41. The minimum atomic E-state index is -0.780. The number of carbonyl (C=O) groups excluding carboxylic acids is 1. The second-order valence-corrected chi connectivity index (χ2v) is 6.71. The van der Waals surface area contributed by atoms with E-state index >= 15 is 0 Å². The molecule has 5 nitrogen and oxygen atoms in total. The Hall–Kier alpha value is -2.28. The lowest BCUT2D eigenvalue weighted by atomic mass is 10.0. The molecule has 134 valence electrons. The molecule has 2 aromatic rings. The topological polar surface area (TPSA) is 58.4 Å².